The molecule has 96 valence electrons. The number of alkyl halides is 1. The molecule has 0 fully saturated rings. The van der Waals surface area contributed by atoms with Gasteiger partial charge in [-0.15, -0.1) is 0 Å². The second kappa shape index (κ2) is 7.25. The largest absolute Gasteiger partial charge is 0.459 e. The summed E-state index contributed by atoms with van der Waals surface area (Å²) in [6.07, 6.45) is -0.205. The van der Waals surface area contributed by atoms with Crippen molar-refractivity contribution in [2.45, 2.75) is 44.2 Å². The molecule has 0 radical (unpaired) electrons. The summed E-state index contributed by atoms with van der Waals surface area (Å²) >= 11 is 3.24. The van der Waals surface area contributed by atoms with E-state index in [1.165, 1.54) is 0 Å². The lowest BCUT2D eigenvalue weighted by Crippen LogP contribution is -2.32. The van der Waals surface area contributed by atoms with Gasteiger partial charge < -0.3 is 14.2 Å². The fourth-order valence-corrected chi connectivity index (χ4v) is 0.918. The molecule has 16 heavy (non-hydrogen) atoms. The number of carbonyl (C=O) groups excluding carboxylic acids is 1. The van der Waals surface area contributed by atoms with Gasteiger partial charge in [0.2, 0.25) is 0 Å². The van der Waals surface area contributed by atoms with Crippen LogP contribution in [-0.4, -0.2) is 42.8 Å². The van der Waals surface area contributed by atoms with E-state index in [1.54, 1.807) is 27.9 Å². The molecular weight excluding hydrogens is 276 g/mol. The number of halogens is 1. The van der Waals surface area contributed by atoms with E-state index in [9.17, 15) is 4.79 Å². The Morgan fingerprint density at radius 3 is 2.19 bits per heavy atom. The van der Waals surface area contributed by atoms with Crippen LogP contribution >= 0.6 is 15.9 Å². The second-order valence-corrected chi connectivity index (χ2v) is 6.25. The summed E-state index contributed by atoms with van der Waals surface area (Å²) in [4.78, 5) is 11.5. The minimum Gasteiger partial charge on any atom is -0.459 e. The van der Waals surface area contributed by atoms with Gasteiger partial charge in [0.25, 0.3) is 0 Å². The third-order valence-electron chi connectivity index (χ3n) is 1.90. The summed E-state index contributed by atoms with van der Waals surface area (Å²) in [6.45, 7) is 8.08. The molecule has 0 saturated heterocycles. The molecule has 0 saturated carbocycles. The summed E-state index contributed by atoms with van der Waals surface area (Å²) in [5.74, 6) is -0.289. The summed E-state index contributed by atoms with van der Waals surface area (Å²) in [5, 5.41) is 0. The Hall–Kier alpha value is -0.130. The van der Waals surface area contributed by atoms with Crippen LogP contribution in [0.1, 0.15) is 27.7 Å². The zero-order valence-corrected chi connectivity index (χ0v) is 12.2. The summed E-state index contributed by atoms with van der Waals surface area (Å²) in [6, 6.07) is 0. The SMILES string of the molecule is COC(C)COCC(C)OC(=O)C(C)(C)Br. The van der Waals surface area contributed by atoms with Gasteiger partial charge in [0, 0.05) is 7.11 Å². The van der Waals surface area contributed by atoms with Gasteiger partial charge in [-0.25, -0.2) is 0 Å². The zero-order chi connectivity index (χ0) is 12.8. The fraction of sp³-hybridized carbons (Fsp3) is 0.909. The highest BCUT2D eigenvalue weighted by Gasteiger charge is 2.27. The van der Waals surface area contributed by atoms with Crippen molar-refractivity contribution in [2.75, 3.05) is 20.3 Å². The maximum absolute atomic E-state index is 11.5. The van der Waals surface area contributed by atoms with E-state index < -0.39 is 4.32 Å². The molecule has 0 aromatic carbocycles. The standard InChI is InChI=1S/C11H21BrO4/c1-8(14-5)6-15-7-9(2)16-10(13)11(3,4)12/h8-9H,6-7H2,1-5H3. The first-order chi connectivity index (χ1) is 7.27. The van der Waals surface area contributed by atoms with Gasteiger partial charge in [-0.2, -0.15) is 0 Å². The molecule has 0 bridgehead atoms. The highest BCUT2D eigenvalue weighted by Crippen LogP contribution is 2.18. The van der Waals surface area contributed by atoms with Gasteiger partial charge in [0.15, 0.2) is 0 Å². The molecule has 2 atom stereocenters. The molecule has 0 aromatic heterocycles. The summed E-state index contributed by atoms with van der Waals surface area (Å²) in [5.41, 5.74) is 0. The first-order valence-corrected chi connectivity index (χ1v) is 6.07. The van der Waals surface area contributed by atoms with Crippen molar-refractivity contribution in [2.24, 2.45) is 0 Å². The molecule has 0 rings (SSSR count). The lowest BCUT2D eigenvalue weighted by Gasteiger charge is -2.20. The van der Waals surface area contributed by atoms with Crippen LogP contribution in [0.5, 0.6) is 0 Å². The van der Waals surface area contributed by atoms with Crippen LogP contribution in [0.4, 0.5) is 0 Å². The van der Waals surface area contributed by atoms with Crippen molar-refractivity contribution in [3.63, 3.8) is 0 Å². The first-order valence-electron chi connectivity index (χ1n) is 5.28. The molecule has 0 spiro atoms. The minimum atomic E-state index is -0.652. The van der Waals surface area contributed by atoms with Crippen LogP contribution in [0.2, 0.25) is 0 Å². The van der Waals surface area contributed by atoms with Gasteiger partial charge in [0.1, 0.15) is 10.4 Å². The molecule has 0 heterocycles. The molecule has 4 nitrogen and oxygen atoms in total. The van der Waals surface area contributed by atoms with Crippen molar-refractivity contribution in [3.05, 3.63) is 0 Å². The minimum absolute atomic E-state index is 0.0514. The first kappa shape index (κ1) is 15.9. The molecule has 0 aliphatic heterocycles. The number of ether oxygens (including phenoxy) is 3. The van der Waals surface area contributed by atoms with E-state index in [-0.39, 0.29) is 18.2 Å². The zero-order valence-electron chi connectivity index (χ0n) is 10.6. The number of hydrogen-bond acceptors (Lipinski definition) is 4. The quantitative estimate of drug-likeness (QED) is 0.533. The van der Waals surface area contributed by atoms with Crippen molar-refractivity contribution in [3.8, 4) is 0 Å². The highest BCUT2D eigenvalue weighted by atomic mass is 79.9. The number of rotatable bonds is 7. The average molecular weight is 297 g/mol. The highest BCUT2D eigenvalue weighted by molar-refractivity contribution is 9.10. The molecular formula is C11H21BrO4. The number of carbonyl (C=O) groups is 1. The van der Waals surface area contributed by atoms with Gasteiger partial charge in [-0.3, -0.25) is 4.79 Å². The molecule has 0 aliphatic carbocycles. The molecule has 0 aliphatic rings. The normalized spacial score (nSPS) is 15.6. The van der Waals surface area contributed by atoms with E-state index in [4.69, 9.17) is 14.2 Å². The van der Waals surface area contributed by atoms with E-state index in [0.29, 0.717) is 13.2 Å². The van der Waals surface area contributed by atoms with E-state index in [2.05, 4.69) is 15.9 Å². The van der Waals surface area contributed by atoms with Crippen LogP contribution in [0, 0.1) is 0 Å². The lowest BCUT2D eigenvalue weighted by atomic mass is 10.2. The average Bonchev–Trinajstić information content (AvgIpc) is 2.15. The van der Waals surface area contributed by atoms with Crippen LogP contribution in [0.25, 0.3) is 0 Å². The maximum atomic E-state index is 11.5. The van der Waals surface area contributed by atoms with E-state index in [0.717, 1.165) is 0 Å². The molecule has 0 N–H and O–H groups in total. The smallest absolute Gasteiger partial charge is 0.322 e. The Balaban J connectivity index is 3.75. The van der Waals surface area contributed by atoms with Crippen LogP contribution in [0.15, 0.2) is 0 Å². The fourth-order valence-electron chi connectivity index (χ4n) is 0.825. The number of esters is 1. The molecule has 5 heteroatoms. The maximum Gasteiger partial charge on any atom is 0.322 e. The Labute approximate surface area is 106 Å². The van der Waals surface area contributed by atoms with Crippen LogP contribution in [0.3, 0.4) is 0 Å². The predicted octanol–water partition coefficient (Wildman–Crippen LogP) is 2.14. The summed E-state index contributed by atoms with van der Waals surface area (Å²) < 4.78 is 14.9. The summed E-state index contributed by atoms with van der Waals surface area (Å²) in [7, 11) is 1.63. The molecule has 0 amide bonds. The number of hydrogen-bond donors (Lipinski definition) is 0. The Bertz CT molecular complexity index is 213. The topological polar surface area (TPSA) is 44.8 Å². The third-order valence-corrected chi connectivity index (χ3v) is 2.22. The van der Waals surface area contributed by atoms with E-state index >= 15 is 0 Å². The van der Waals surface area contributed by atoms with Gasteiger partial charge in [0.05, 0.1) is 19.3 Å². The van der Waals surface area contributed by atoms with Crippen molar-refractivity contribution in [1.29, 1.82) is 0 Å². The van der Waals surface area contributed by atoms with Crippen LogP contribution < -0.4 is 0 Å². The third kappa shape index (κ3) is 7.19. The second-order valence-electron chi connectivity index (χ2n) is 4.27. The monoisotopic (exact) mass is 296 g/mol. The lowest BCUT2D eigenvalue weighted by molar-refractivity contribution is -0.153. The van der Waals surface area contributed by atoms with Crippen molar-refractivity contribution in [1.82, 2.24) is 0 Å². The van der Waals surface area contributed by atoms with Gasteiger partial charge in [-0.1, -0.05) is 15.9 Å². The molecule has 2 unspecified atom stereocenters. The predicted molar refractivity (Wildman–Crippen MR) is 65.9 cm³/mol. The molecule has 0 aromatic rings. The van der Waals surface area contributed by atoms with Gasteiger partial charge in [-0.05, 0) is 27.7 Å². The van der Waals surface area contributed by atoms with Crippen molar-refractivity contribution < 1.29 is 19.0 Å². The van der Waals surface area contributed by atoms with Crippen molar-refractivity contribution >= 4 is 21.9 Å². The Morgan fingerprint density at radius 1 is 1.25 bits per heavy atom. The number of methoxy groups -OCH3 is 1. The van der Waals surface area contributed by atoms with Crippen LogP contribution in [-0.2, 0) is 19.0 Å². The van der Waals surface area contributed by atoms with Gasteiger partial charge >= 0.3 is 5.97 Å². The Kier molecular flexibility index (Phi) is 7.19. The Morgan fingerprint density at radius 2 is 1.75 bits per heavy atom. The van der Waals surface area contributed by atoms with E-state index in [1.807, 2.05) is 6.92 Å².